The number of carbonyl (C=O) groups is 2. The zero-order valence-electron chi connectivity index (χ0n) is 22.1. The van der Waals surface area contributed by atoms with E-state index in [9.17, 15) is 14.7 Å². The molecule has 0 radical (unpaired) electrons. The summed E-state index contributed by atoms with van der Waals surface area (Å²) in [6.07, 6.45) is 3.15. The molecule has 0 saturated carbocycles. The zero-order chi connectivity index (χ0) is 28.1. The number of ketones is 1. The number of hydrogen-bond acceptors (Lipinski definition) is 6. The fraction of sp³-hybridized carbons (Fsp3) is 0.152. The monoisotopic (exact) mass is 535 g/mol. The first kappa shape index (κ1) is 26.6. The first-order chi connectivity index (χ1) is 19.4. The number of furan rings is 1. The molecule has 1 aliphatic heterocycles. The average Bonchev–Trinajstić information content (AvgIpc) is 3.58. The summed E-state index contributed by atoms with van der Waals surface area (Å²) in [4.78, 5) is 27.9. The van der Waals surface area contributed by atoms with Crippen LogP contribution in [0.4, 0.5) is 0 Å². The van der Waals surface area contributed by atoms with E-state index in [1.165, 1.54) is 11.2 Å². The van der Waals surface area contributed by atoms with Gasteiger partial charge in [0.2, 0.25) is 0 Å². The van der Waals surface area contributed by atoms with E-state index >= 15 is 0 Å². The molecule has 7 nitrogen and oxygen atoms in total. The van der Waals surface area contributed by atoms with Gasteiger partial charge >= 0.3 is 0 Å². The summed E-state index contributed by atoms with van der Waals surface area (Å²) >= 11 is 0. The molecule has 1 saturated heterocycles. The Bertz CT molecular complexity index is 1530. The highest BCUT2D eigenvalue weighted by molar-refractivity contribution is 6.46. The number of carbonyl (C=O) groups excluding carboxylic acids is 2. The quantitative estimate of drug-likeness (QED) is 0.110. The van der Waals surface area contributed by atoms with Crippen LogP contribution in [0.2, 0.25) is 0 Å². The van der Waals surface area contributed by atoms with Crippen LogP contribution in [0.1, 0.15) is 34.1 Å². The molecule has 0 bridgehead atoms. The van der Waals surface area contributed by atoms with Gasteiger partial charge in [-0.25, -0.2) is 0 Å². The summed E-state index contributed by atoms with van der Waals surface area (Å²) in [6, 6.07) is 24.5. The Balaban J connectivity index is 1.45. The minimum absolute atomic E-state index is 0.00439. The summed E-state index contributed by atoms with van der Waals surface area (Å²) in [5.74, 6) is 0.0141. The van der Waals surface area contributed by atoms with Gasteiger partial charge in [-0.1, -0.05) is 54.6 Å². The second-order valence-corrected chi connectivity index (χ2v) is 9.48. The summed E-state index contributed by atoms with van der Waals surface area (Å²) in [6.45, 7) is 6.49. The Morgan fingerprint density at radius 3 is 2.38 bits per heavy atom. The highest BCUT2D eigenvalue weighted by atomic mass is 16.5. The number of aliphatic hydroxyl groups excluding tert-OH is 1. The number of aryl methyl sites for hydroxylation is 1. The molecule has 5 rings (SSSR count). The molecule has 1 amide bonds. The van der Waals surface area contributed by atoms with E-state index in [1.807, 2.05) is 25.1 Å². The lowest BCUT2D eigenvalue weighted by molar-refractivity contribution is -0.140. The fourth-order valence-corrected chi connectivity index (χ4v) is 4.69. The summed E-state index contributed by atoms with van der Waals surface area (Å²) in [5.41, 5.74) is 3.25. The number of benzene rings is 3. The third-order valence-corrected chi connectivity index (χ3v) is 6.63. The van der Waals surface area contributed by atoms with Crippen LogP contribution in [0, 0.1) is 6.92 Å². The first-order valence-electron chi connectivity index (χ1n) is 12.9. The Morgan fingerprint density at radius 1 is 0.975 bits per heavy atom. The molecule has 1 N–H and O–H groups in total. The molecule has 7 heteroatoms. The van der Waals surface area contributed by atoms with Crippen LogP contribution >= 0.6 is 0 Å². The fourth-order valence-electron chi connectivity index (χ4n) is 4.69. The number of aliphatic hydroxyl groups is 1. The number of nitrogens with zero attached hydrogens (tertiary/aromatic N) is 1. The Labute approximate surface area is 232 Å². The SMILES string of the molecule is C=CCOc1ccc([C@@H]2C(=C(O)c3ccc(OCc4cccc(C)c4)cc3)C(=O)C(=O)N2Cc2ccco2)cc1. The summed E-state index contributed by atoms with van der Waals surface area (Å²) in [7, 11) is 0. The molecule has 0 spiro atoms. The molecule has 1 aromatic heterocycles. The van der Waals surface area contributed by atoms with Crippen LogP contribution in [-0.2, 0) is 22.7 Å². The molecular weight excluding hydrogens is 506 g/mol. The van der Waals surface area contributed by atoms with E-state index < -0.39 is 17.7 Å². The van der Waals surface area contributed by atoms with Crippen molar-refractivity contribution in [1.29, 1.82) is 0 Å². The number of hydrogen-bond donors (Lipinski definition) is 1. The van der Waals surface area contributed by atoms with Crippen molar-refractivity contribution in [2.75, 3.05) is 6.61 Å². The molecule has 1 fully saturated rings. The second-order valence-electron chi connectivity index (χ2n) is 9.48. The highest BCUT2D eigenvalue weighted by Crippen LogP contribution is 2.41. The van der Waals surface area contributed by atoms with E-state index in [0.717, 1.165) is 11.1 Å². The minimum Gasteiger partial charge on any atom is -0.507 e. The van der Waals surface area contributed by atoms with Gasteiger partial charge in [-0.2, -0.15) is 0 Å². The molecule has 40 heavy (non-hydrogen) atoms. The minimum atomic E-state index is -0.823. The molecule has 1 aliphatic rings. The number of Topliss-reactive ketones (excluding diaryl/α,β-unsaturated/α-hetero) is 1. The Kier molecular flexibility index (Phi) is 7.82. The van der Waals surface area contributed by atoms with E-state index in [-0.39, 0.29) is 17.9 Å². The average molecular weight is 536 g/mol. The zero-order valence-corrected chi connectivity index (χ0v) is 22.1. The molecule has 0 unspecified atom stereocenters. The van der Waals surface area contributed by atoms with Crippen molar-refractivity contribution in [1.82, 2.24) is 4.90 Å². The van der Waals surface area contributed by atoms with Gasteiger partial charge in [0.05, 0.1) is 24.4 Å². The van der Waals surface area contributed by atoms with Crippen molar-refractivity contribution in [3.05, 3.63) is 137 Å². The topological polar surface area (TPSA) is 89.2 Å². The summed E-state index contributed by atoms with van der Waals surface area (Å²) < 4.78 is 16.9. The van der Waals surface area contributed by atoms with Gasteiger partial charge in [-0.05, 0) is 66.6 Å². The molecule has 3 aromatic carbocycles. The van der Waals surface area contributed by atoms with Crippen molar-refractivity contribution in [2.45, 2.75) is 26.1 Å². The lowest BCUT2D eigenvalue weighted by Gasteiger charge is -2.24. The molecule has 4 aromatic rings. The number of likely N-dealkylation sites (tertiary alicyclic amines) is 1. The molecule has 0 aliphatic carbocycles. The first-order valence-corrected chi connectivity index (χ1v) is 12.9. The third-order valence-electron chi connectivity index (χ3n) is 6.63. The molecule has 202 valence electrons. The maximum absolute atomic E-state index is 13.3. The van der Waals surface area contributed by atoms with Crippen molar-refractivity contribution < 1.29 is 28.6 Å². The Morgan fingerprint density at radius 2 is 1.70 bits per heavy atom. The number of ether oxygens (including phenoxy) is 2. The Hall–Kier alpha value is -5.04. The molecular formula is C33H29NO6. The standard InChI is InChI=1S/C33H29NO6/c1-3-17-38-26-13-9-24(10-14-26)30-29(32(36)33(37)34(30)20-28-8-5-18-39-28)31(35)25-11-15-27(16-12-25)40-21-23-7-4-6-22(2)19-23/h3-16,18-19,30,35H,1,17,20-21H2,2H3/t30-/m1/s1. The van der Waals surface area contributed by atoms with E-state index in [1.54, 1.807) is 66.7 Å². The van der Waals surface area contributed by atoms with Crippen LogP contribution in [0.5, 0.6) is 11.5 Å². The van der Waals surface area contributed by atoms with Gasteiger partial charge in [0.15, 0.2) is 0 Å². The summed E-state index contributed by atoms with van der Waals surface area (Å²) in [5, 5.41) is 11.4. The van der Waals surface area contributed by atoms with Crippen LogP contribution < -0.4 is 9.47 Å². The normalized spacial score (nSPS) is 16.2. The van der Waals surface area contributed by atoms with Gasteiger partial charge < -0.3 is 23.9 Å². The largest absolute Gasteiger partial charge is 0.507 e. The van der Waals surface area contributed by atoms with Crippen LogP contribution in [0.25, 0.3) is 5.76 Å². The second kappa shape index (κ2) is 11.8. The van der Waals surface area contributed by atoms with Gasteiger partial charge in [0.1, 0.15) is 36.2 Å². The van der Waals surface area contributed by atoms with Crippen LogP contribution in [-0.4, -0.2) is 28.3 Å². The maximum Gasteiger partial charge on any atom is 0.296 e. The van der Waals surface area contributed by atoms with Gasteiger partial charge in [0, 0.05) is 5.56 Å². The van der Waals surface area contributed by atoms with Crippen molar-refractivity contribution in [3.63, 3.8) is 0 Å². The van der Waals surface area contributed by atoms with Gasteiger partial charge in [-0.3, -0.25) is 9.59 Å². The van der Waals surface area contributed by atoms with Crippen LogP contribution in [0.3, 0.4) is 0 Å². The van der Waals surface area contributed by atoms with Crippen molar-refractivity contribution in [3.8, 4) is 11.5 Å². The van der Waals surface area contributed by atoms with Gasteiger partial charge in [-0.15, -0.1) is 0 Å². The predicted molar refractivity (Wildman–Crippen MR) is 151 cm³/mol. The molecule has 1 atom stereocenters. The van der Waals surface area contributed by atoms with Crippen molar-refractivity contribution in [2.24, 2.45) is 0 Å². The van der Waals surface area contributed by atoms with E-state index in [2.05, 4.69) is 12.6 Å². The van der Waals surface area contributed by atoms with Crippen molar-refractivity contribution >= 4 is 17.4 Å². The van der Waals surface area contributed by atoms with E-state index in [4.69, 9.17) is 13.9 Å². The van der Waals surface area contributed by atoms with Gasteiger partial charge in [0.25, 0.3) is 11.7 Å². The number of amides is 1. The maximum atomic E-state index is 13.3. The number of rotatable bonds is 10. The van der Waals surface area contributed by atoms with E-state index in [0.29, 0.717) is 41.6 Å². The van der Waals surface area contributed by atoms with Crippen LogP contribution in [0.15, 0.2) is 114 Å². The molecule has 2 heterocycles. The lowest BCUT2D eigenvalue weighted by atomic mass is 9.95. The predicted octanol–water partition coefficient (Wildman–Crippen LogP) is 6.35. The lowest BCUT2D eigenvalue weighted by Crippen LogP contribution is -2.29. The smallest absolute Gasteiger partial charge is 0.296 e. The third kappa shape index (κ3) is 5.68. The highest BCUT2D eigenvalue weighted by Gasteiger charge is 2.46.